The van der Waals surface area contributed by atoms with Crippen molar-refractivity contribution in [2.24, 2.45) is 0 Å². The lowest BCUT2D eigenvalue weighted by molar-refractivity contribution is 0.0697. The number of halogens is 2. The molecule has 0 heterocycles. The number of hydrogen-bond donors (Lipinski definition) is 2. The predicted molar refractivity (Wildman–Crippen MR) is 108 cm³/mol. The van der Waals surface area contributed by atoms with E-state index in [1.165, 1.54) is 0 Å². The molecule has 4 nitrogen and oxygen atoms in total. The van der Waals surface area contributed by atoms with E-state index < -0.39 is 5.97 Å². The van der Waals surface area contributed by atoms with E-state index in [9.17, 15) is 4.79 Å². The minimum absolute atomic E-state index is 0.223. The number of carbonyl (C=O) groups is 1. The number of ether oxygens (including phenoxy) is 1. The average molecular weight is 402 g/mol. The molecule has 6 heteroatoms. The SMILES string of the molecule is O=C(O)c1cccc(NCc2cc(Cl)ccc2OCc2ccccc2Cl)c1. The first-order chi connectivity index (χ1) is 13.0. The number of benzene rings is 3. The van der Waals surface area contributed by atoms with Gasteiger partial charge in [-0.3, -0.25) is 0 Å². The molecule has 3 aromatic rings. The maximum absolute atomic E-state index is 11.1. The molecule has 0 radical (unpaired) electrons. The third-order valence-electron chi connectivity index (χ3n) is 3.96. The van der Waals surface area contributed by atoms with Crippen LogP contribution in [-0.2, 0) is 13.2 Å². The molecule has 138 valence electrons. The largest absolute Gasteiger partial charge is 0.488 e. The van der Waals surface area contributed by atoms with Gasteiger partial charge in [0.15, 0.2) is 0 Å². The molecule has 0 aliphatic heterocycles. The Morgan fingerprint density at radius 2 is 1.78 bits per heavy atom. The summed E-state index contributed by atoms with van der Waals surface area (Å²) in [5.41, 5.74) is 2.67. The van der Waals surface area contributed by atoms with E-state index in [0.29, 0.717) is 34.6 Å². The van der Waals surface area contributed by atoms with E-state index in [1.807, 2.05) is 36.4 Å². The Morgan fingerprint density at radius 3 is 2.56 bits per heavy atom. The van der Waals surface area contributed by atoms with Gasteiger partial charge in [0.1, 0.15) is 12.4 Å². The van der Waals surface area contributed by atoms with Crippen molar-refractivity contribution < 1.29 is 14.6 Å². The van der Waals surface area contributed by atoms with E-state index in [-0.39, 0.29) is 5.56 Å². The number of nitrogens with one attached hydrogen (secondary N) is 1. The topological polar surface area (TPSA) is 58.6 Å². The fourth-order valence-corrected chi connectivity index (χ4v) is 2.94. The Labute approximate surface area is 167 Å². The van der Waals surface area contributed by atoms with Gasteiger partial charge in [0, 0.05) is 33.4 Å². The smallest absolute Gasteiger partial charge is 0.335 e. The number of anilines is 1. The summed E-state index contributed by atoms with van der Waals surface area (Å²) in [5.74, 6) is -0.286. The molecule has 0 saturated carbocycles. The summed E-state index contributed by atoms with van der Waals surface area (Å²) in [4.78, 5) is 11.1. The molecule has 2 N–H and O–H groups in total. The van der Waals surface area contributed by atoms with Gasteiger partial charge >= 0.3 is 5.97 Å². The summed E-state index contributed by atoms with van der Waals surface area (Å²) in [7, 11) is 0. The van der Waals surface area contributed by atoms with E-state index in [1.54, 1.807) is 30.3 Å². The lowest BCUT2D eigenvalue weighted by Gasteiger charge is -2.14. The number of aromatic carboxylic acids is 1. The summed E-state index contributed by atoms with van der Waals surface area (Å²) in [6.07, 6.45) is 0. The van der Waals surface area contributed by atoms with Crippen molar-refractivity contribution in [3.8, 4) is 5.75 Å². The van der Waals surface area contributed by atoms with Crippen molar-refractivity contribution in [3.05, 3.63) is 93.5 Å². The molecule has 0 aliphatic carbocycles. The fourth-order valence-electron chi connectivity index (χ4n) is 2.56. The van der Waals surface area contributed by atoms with Crippen LogP contribution in [0.25, 0.3) is 0 Å². The van der Waals surface area contributed by atoms with Crippen LogP contribution in [0.1, 0.15) is 21.5 Å². The molecule has 3 rings (SSSR count). The lowest BCUT2D eigenvalue weighted by atomic mass is 10.1. The summed E-state index contributed by atoms with van der Waals surface area (Å²) in [6, 6.07) is 19.5. The number of carboxylic acid groups (broad SMARTS) is 1. The third-order valence-corrected chi connectivity index (χ3v) is 4.56. The van der Waals surface area contributed by atoms with Gasteiger partial charge < -0.3 is 15.2 Å². The molecule has 0 bridgehead atoms. The molecule has 0 atom stereocenters. The second-order valence-electron chi connectivity index (χ2n) is 5.87. The highest BCUT2D eigenvalue weighted by Gasteiger charge is 2.08. The van der Waals surface area contributed by atoms with E-state index in [0.717, 1.165) is 11.1 Å². The maximum Gasteiger partial charge on any atom is 0.335 e. The minimum Gasteiger partial charge on any atom is -0.488 e. The maximum atomic E-state index is 11.1. The zero-order valence-corrected chi connectivity index (χ0v) is 15.8. The molecule has 0 unspecified atom stereocenters. The molecule has 3 aromatic carbocycles. The van der Waals surface area contributed by atoms with Crippen LogP contribution in [0.3, 0.4) is 0 Å². The highest BCUT2D eigenvalue weighted by molar-refractivity contribution is 6.31. The van der Waals surface area contributed by atoms with E-state index in [4.69, 9.17) is 33.0 Å². The first-order valence-electron chi connectivity index (χ1n) is 8.25. The Balaban J connectivity index is 1.73. The fraction of sp³-hybridized carbons (Fsp3) is 0.0952. The Morgan fingerprint density at radius 1 is 0.963 bits per heavy atom. The van der Waals surface area contributed by atoms with Crippen molar-refractivity contribution in [1.29, 1.82) is 0 Å². The quantitative estimate of drug-likeness (QED) is 0.518. The molecular weight excluding hydrogens is 385 g/mol. The van der Waals surface area contributed by atoms with Gasteiger partial charge in [0.05, 0.1) is 5.56 Å². The average Bonchev–Trinajstić information content (AvgIpc) is 2.67. The molecule has 0 saturated heterocycles. The summed E-state index contributed by atoms with van der Waals surface area (Å²) < 4.78 is 5.93. The number of hydrogen-bond acceptors (Lipinski definition) is 3. The van der Waals surface area contributed by atoms with Crippen molar-refractivity contribution in [2.75, 3.05) is 5.32 Å². The number of carboxylic acids is 1. The van der Waals surface area contributed by atoms with Crippen LogP contribution < -0.4 is 10.1 Å². The van der Waals surface area contributed by atoms with Crippen LogP contribution in [0, 0.1) is 0 Å². The first-order valence-corrected chi connectivity index (χ1v) is 9.00. The standard InChI is InChI=1S/C21H17Cl2NO3/c22-17-8-9-20(27-13-15-4-1-2-7-19(15)23)16(10-17)12-24-18-6-3-5-14(11-18)21(25)26/h1-11,24H,12-13H2,(H,25,26). The highest BCUT2D eigenvalue weighted by atomic mass is 35.5. The zero-order chi connectivity index (χ0) is 19.2. The van der Waals surface area contributed by atoms with Crippen molar-refractivity contribution >= 4 is 34.9 Å². The zero-order valence-electron chi connectivity index (χ0n) is 14.3. The van der Waals surface area contributed by atoms with Gasteiger partial charge in [-0.2, -0.15) is 0 Å². The lowest BCUT2D eigenvalue weighted by Crippen LogP contribution is -2.05. The second kappa shape index (κ2) is 8.80. The predicted octanol–water partition coefficient (Wildman–Crippen LogP) is 5.88. The van der Waals surface area contributed by atoms with E-state index in [2.05, 4.69) is 5.32 Å². The Bertz CT molecular complexity index is 960. The van der Waals surface area contributed by atoms with Crippen molar-refractivity contribution in [3.63, 3.8) is 0 Å². The van der Waals surface area contributed by atoms with Gasteiger partial charge in [0.2, 0.25) is 0 Å². The third kappa shape index (κ3) is 5.16. The first kappa shape index (κ1) is 19.1. The summed E-state index contributed by atoms with van der Waals surface area (Å²) in [5, 5.41) is 13.5. The second-order valence-corrected chi connectivity index (χ2v) is 6.72. The van der Waals surface area contributed by atoms with Crippen molar-refractivity contribution in [1.82, 2.24) is 0 Å². The van der Waals surface area contributed by atoms with Crippen LogP contribution in [0.2, 0.25) is 10.0 Å². The Kier molecular flexibility index (Phi) is 6.22. The van der Waals surface area contributed by atoms with Crippen LogP contribution in [0.4, 0.5) is 5.69 Å². The van der Waals surface area contributed by atoms with Crippen LogP contribution in [0.5, 0.6) is 5.75 Å². The normalized spacial score (nSPS) is 10.4. The molecule has 0 amide bonds. The van der Waals surface area contributed by atoms with Gasteiger partial charge in [-0.1, -0.05) is 47.5 Å². The molecule has 0 aromatic heterocycles. The van der Waals surface area contributed by atoms with Gasteiger partial charge in [0.25, 0.3) is 0 Å². The molecule has 0 aliphatic rings. The van der Waals surface area contributed by atoms with Gasteiger partial charge in [-0.05, 0) is 42.5 Å². The summed E-state index contributed by atoms with van der Waals surface area (Å²) >= 11 is 12.3. The highest BCUT2D eigenvalue weighted by Crippen LogP contribution is 2.26. The summed E-state index contributed by atoms with van der Waals surface area (Å²) in [6.45, 7) is 0.768. The van der Waals surface area contributed by atoms with Crippen LogP contribution in [-0.4, -0.2) is 11.1 Å². The van der Waals surface area contributed by atoms with Crippen molar-refractivity contribution in [2.45, 2.75) is 13.2 Å². The number of rotatable bonds is 7. The Hall–Kier alpha value is -2.69. The van der Waals surface area contributed by atoms with Gasteiger partial charge in [-0.25, -0.2) is 4.79 Å². The molecule has 0 fully saturated rings. The minimum atomic E-state index is -0.967. The molecule has 0 spiro atoms. The molecule has 27 heavy (non-hydrogen) atoms. The van der Waals surface area contributed by atoms with Crippen LogP contribution in [0.15, 0.2) is 66.7 Å². The van der Waals surface area contributed by atoms with E-state index >= 15 is 0 Å². The monoisotopic (exact) mass is 401 g/mol. The molecular formula is C21H17Cl2NO3. The van der Waals surface area contributed by atoms with Gasteiger partial charge in [-0.15, -0.1) is 0 Å². The van der Waals surface area contributed by atoms with Crippen LogP contribution >= 0.6 is 23.2 Å².